The summed E-state index contributed by atoms with van der Waals surface area (Å²) in [5, 5.41) is 0. The average Bonchev–Trinajstić information content (AvgIpc) is 2.34. The van der Waals surface area contributed by atoms with E-state index in [4.69, 9.17) is 4.74 Å². The summed E-state index contributed by atoms with van der Waals surface area (Å²) in [6.45, 7) is 4.14. The SMILES string of the molecule is CC.COCc1cc(C(=O)OC)ccc1F. The second-order valence-electron chi connectivity index (χ2n) is 2.73. The zero-order valence-electron chi connectivity index (χ0n) is 10.0. The fraction of sp³-hybridized carbons (Fsp3) is 0.417. The highest BCUT2D eigenvalue weighted by Crippen LogP contribution is 2.12. The molecule has 0 aliphatic heterocycles. The van der Waals surface area contributed by atoms with E-state index in [2.05, 4.69) is 4.74 Å². The molecule has 1 aromatic carbocycles. The fourth-order valence-corrected chi connectivity index (χ4v) is 1.09. The van der Waals surface area contributed by atoms with E-state index >= 15 is 0 Å². The number of benzene rings is 1. The van der Waals surface area contributed by atoms with Crippen LogP contribution >= 0.6 is 0 Å². The molecule has 3 nitrogen and oxygen atoms in total. The highest BCUT2D eigenvalue weighted by atomic mass is 19.1. The molecule has 0 bridgehead atoms. The van der Waals surface area contributed by atoms with Crippen LogP contribution in [0, 0.1) is 5.82 Å². The molecule has 0 aliphatic carbocycles. The minimum absolute atomic E-state index is 0.136. The van der Waals surface area contributed by atoms with E-state index in [1.807, 2.05) is 13.8 Å². The van der Waals surface area contributed by atoms with Crippen molar-refractivity contribution in [3.63, 3.8) is 0 Å². The van der Waals surface area contributed by atoms with E-state index in [0.717, 1.165) is 0 Å². The van der Waals surface area contributed by atoms with Crippen LogP contribution < -0.4 is 0 Å². The van der Waals surface area contributed by atoms with Gasteiger partial charge >= 0.3 is 5.97 Å². The molecular weight excluding hydrogens is 211 g/mol. The van der Waals surface area contributed by atoms with Crippen molar-refractivity contribution in [2.24, 2.45) is 0 Å². The molecule has 4 heteroatoms. The van der Waals surface area contributed by atoms with Gasteiger partial charge in [0.25, 0.3) is 0 Å². The molecule has 0 heterocycles. The van der Waals surface area contributed by atoms with Gasteiger partial charge in [0, 0.05) is 12.7 Å². The molecule has 0 amide bonds. The molecular formula is C12H17FO3. The molecule has 0 atom stereocenters. The number of hydrogen-bond donors (Lipinski definition) is 0. The maximum Gasteiger partial charge on any atom is 0.337 e. The van der Waals surface area contributed by atoms with Gasteiger partial charge in [-0.25, -0.2) is 9.18 Å². The third-order valence-electron chi connectivity index (χ3n) is 1.77. The van der Waals surface area contributed by atoms with Gasteiger partial charge in [-0.05, 0) is 18.2 Å². The molecule has 0 aliphatic rings. The summed E-state index contributed by atoms with van der Waals surface area (Å²) in [6, 6.07) is 4.02. The summed E-state index contributed by atoms with van der Waals surface area (Å²) in [5.41, 5.74) is 0.663. The molecule has 16 heavy (non-hydrogen) atoms. The number of rotatable bonds is 3. The first kappa shape index (κ1) is 14.6. The Hall–Kier alpha value is -1.42. The normalized spacial score (nSPS) is 9.06. The Balaban J connectivity index is 0.00000106. The van der Waals surface area contributed by atoms with E-state index in [1.165, 1.54) is 32.4 Å². The van der Waals surface area contributed by atoms with Crippen molar-refractivity contribution in [2.75, 3.05) is 14.2 Å². The third kappa shape index (κ3) is 3.98. The third-order valence-corrected chi connectivity index (χ3v) is 1.77. The number of esters is 1. The van der Waals surface area contributed by atoms with Crippen molar-refractivity contribution in [3.8, 4) is 0 Å². The van der Waals surface area contributed by atoms with Gasteiger partial charge in [0.1, 0.15) is 5.82 Å². The number of carbonyl (C=O) groups excluding carboxylic acids is 1. The number of carbonyl (C=O) groups is 1. The van der Waals surface area contributed by atoms with Gasteiger partial charge in [-0.2, -0.15) is 0 Å². The standard InChI is InChI=1S/C10H11FO3.C2H6/c1-13-6-8-5-7(10(12)14-2)3-4-9(8)11;1-2/h3-5H,6H2,1-2H3;1-2H3. The highest BCUT2D eigenvalue weighted by Gasteiger charge is 2.09. The van der Waals surface area contributed by atoms with Gasteiger partial charge in [0.2, 0.25) is 0 Å². The lowest BCUT2D eigenvalue weighted by atomic mass is 10.1. The zero-order valence-corrected chi connectivity index (χ0v) is 10.0. The molecule has 0 fully saturated rings. The van der Waals surface area contributed by atoms with Crippen LogP contribution in [0.15, 0.2) is 18.2 Å². The smallest absolute Gasteiger partial charge is 0.337 e. The molecule has 0 N–H and O–H groups in total. The van der Waals surface area contributed by atoms with Crippen molar-refractivity contribution in [2.45, 2.75) is 20.5 Å². The van der Waals surface area contributed by atoms with E-state index in [-0.39, 0.29) is 12.4 Å². The van der Waals surface area contributed by atoms with Crippen molar-refractivity contribution < 1.29 is 18.7 Å². The molecule has 0 aromatic heterocycles. The summed E-state index contributed by atoms with van der Waals surface area (Å²) >= 11 is 0. The Bertz CT molecular complexity index is 337. The van der Waals surface area contributed by atoms with Crippen LogP contribution in [0.5, 0.6) is 0 Å². The minimum atomic E-state index is -0.484. The Kier molecular flexibility index (Phi) is 7.12. The fourth-order valence-electron chi connectivity index (χ4n) is 1.09. The van der Waals surface area contributed by atoms with E-state index in [0.29, 0.717) is 11.1 Å². The molecule has 0 spiro atoms. The predicted octanol–water partition coefficient (Wildman–Crippen LogP) is 2.78. The van der Waals surface area contributed by atoms with Gasteiger partial charge in [-0.15, -0.1) is 0 Å². The van der Waals surface area contributed by atoms with Crippen LogP contribution in [0.3, 0.4) is 0 Å². The second kappa shape index (κ2) is 7.82. The van der Waals surface area contributed by atoms with Crippen molar-refractivity contribution in [1.82, 2.24) is 0 Å². The first-order chi connectivity index (χ1) is 7.69. The number of methoxy groups -OCH3 is 2. The van der Waals surface area contributed by atoms with Crippen molar-refractivity contribution >= 4 is 5.97 Å². The summed E-state index contributed by atoms with van der Waals surface area (Å²) in [5.74, 6) is -0.873. The predicted molar refractivity (Wildman–Crippen MR) is 59.8 cm³/mol. The van der Waals surface area contributed by atoms with E-state index in [1.54, 1.807) is 0 Å². The van der Waals surface area contributed by atoms with Crippen LogP contribution in [0.1, 0.15) is 29.8 Å². The lowest BCUT2D eigenvalue weighted by molar-refractivity contribution is 0.0600. The van der Waals surface area contributed by atoms with Crippen LogP contribution in [0.4, 0.5) is 4.39 Å². The minimum Gasteiger partial charge on any atom is -0.465 e. The summed E-state index contributed by atoms with van der Waals surface area (Å²) in [4.78, 5) is 11.1. The number of halogens is 1. The van der Waals surface area contributed by atoms with Crippen LogP contribution in [-0.4, -0.2) is 20.2 Å². The van der Waals surface area contributed by atoms with Gasteiger partial charge in [0.15, 0.2) is 0 Å². The molecule has 0 unspecified atom stereocenters. The molecule has 1 aromatic rings. The maximum absolute atomic E-state index is 13.1. The van der Waals surface area contributed by atoms with Crippen LogP contribution in [-0.2, 0) is 16.1 Å². The lowest BCUT2D eigenvalue weighted by Crippen LogP contribution is -2.03. The molecule has 90 valence electrons. The molecule has 0 radical (unpaired) electrons. The first-order valence-corrected chi connectivity index (χ1v) is 5.04. The monoisotopic (exact) mass is 228 g/mol. The van der Waals surface area contributed by atoms with E-state index in [9.17, 15) is 9.18 Å². The maximum atomic E-state index is 13.1. The topological polar surface area (TPSA) is 35.5 Å². The first-order valence-electron chi connectivity index (χ1n) is 5.04. The highest BCUT2D eigenvalue weighted by molar-refractivity contribution is 5.89. The summed E-state index contributed by atoms with van der Waals surface area (Å²) < 4.78 is 22.4. The molecule has 0 saturated carbocycles. The largest absolute Gasteiger partial charge is 0.465 e. The average molecular weight is 228 g/mol. The second-order valence-corrected chi connectivity index (χ2v) is 2.73. The Labute approximate surface area is 95.2 Å². The van der Waals surface area contributed by atoms with Crippen LogP contribution in [0.25, 0.3) is 0 Å². The number of hydrogen-bond acceptors (Lipinski definition) is 3. The number of ether oxygens (including phenoxy) is 2. The Morgan fingerprint density at radius 2 is 1.94 bits per heavy atom. The van der Waals surface area contributed by atoms with E-state index < -0.39 is 5.97 Å². The van der Waals surface area contributed by atoms with Gasteiger partial charge in [-0.1, -0.05) is 13.8 Å². The van der Waals surface area contributed by atoms with Crippen molar-refractivity contribution in [3.05, 3.63) is 35.1 Å². The summed E-state index contributed by atoms with van der Waals surface area (Å²) in [6.07, 6.45) is 0. The van der Waals surface area contributed by atoms with Crippen LogP contribution in [0.2, 0.25) is 0 Å². The van der Waals surface area contributed by atoms with Gasteiger partial charge < -0.3 is 9.47 Å². The van der Waals surface area contributed by atoms with Crippen molar-refractivity contribution in [1.29, 1.82) is 0 Å². The Morgan fingerprint density at radius 1 is 1.31 bits per heavy atom. The molecule has 0 saturated heterocycles. The zero-order chi connectivity index (χ0) is 12.6. The van der Waals surface area contributed by atoms with Gasteiger partial charge in [-0.3, -0.25) is 0 Å². The quantitative estimate of drug-likeness (QED) is 0.746. The summed E-state index contributed by atoms with van der Waals surface area (Å²) in [7, 11) is 2.74. The van der Waals surface area contributed by atoms with Gasteiger partial charge in [0.05, 0.1) is 19.3 Å². The molecule has 1 rings (SSSR count). The lowest BCUT2D eigenvalue weighted by Gasteiger charge is -2.04. The Morgan fingerprint density at radius 3 is 2.44 bits per heavy atom.